The highest BCUT2D eigenvalue weighted by molar-refractivity contribution is 5.96. The van der Waals surface area contributed by atoms with Crippen LogP contribution in [0.25, 0.3) is 11.0 Å². The Morgan fingerprint density at radius 1 is 1.50 bits per heavy atom. The van der Waals surface area contributed by atoms with E-state index in [1.54, 1.807) is 12.1 Å². The summed E-state index contributed by atoms with van der Waals surface area (Å²) in [7, 11) is 0. The Hall–Kier alpha value is -1.84. The van der Waals surface area contributed by atoms with Gasteiger partial charge in [0.05, 0.1) is 17.4 Å². The van der Waals surface area contributed by atoms with Crippen molar-refractivity contribution in [2.45, 2.75) is 26.3 Å². The van der Waals surface area contributed by atoms with E-state index in [0.717, 1.165) is 30.4 Å². The maximum atomic E-state index is 11.0. The monoisotopic (exact) mass is 217 g/mol. The summed E-state index contributed by atoms with van der Waals surface area (Å²) in [6.45, 7) is 3.12. The summed E-state index contributed by atoms with van der Waals surface area (Å²) in [6, 6.07) is 5.38. The number of amides is 1. The van der Waals surface area contributed by atoms with Crippen LogP contribution < -0.4 is 5.73 Å². The fourth-order valence-corrected chi connectivity index (χ4v) is 1.72. The number of primary amides is 1. The molecule has 0 aliphatic rings. The van der Waals surface area contributed by atoms with E-state index in [-0.39, 0.29) is 0 Å². The molecule has 0 saturated carbocycles. The summed E-state index contributed by atoms with van der Waals surface area (Å²) in [5.41, 5.74) is 7.61. The Balaban J connectivity index is 2.38. The van der Waals surface area contributed by atoms with Crippen LogP contribution in [-0.4, -0.2) is 15.5 Å². The molecule has 0 radical (unpaired) electrons. The molecular weight excluding hydrogens is 202 g/mol. The minimum atomic E-state index is -0.412. The average molecular weight is 217 g/mol. The Labute approximate surface area is 94.1 Å². The van der Waals surface area contributed by atoms with Crippen LogP contribution in [0.1, 0.15) is 30.1 Å². The van der Waals surface area contributed by atoms with Gasteiger partial charge in [0.2, 0.25) is 5.91 Å². The molecule has 0 unspecified atom stereocenters. The van der Waals surface area contributed by atoms with Gasteiger partial charge in [-0.1, -0.05) is 13.3 Å². The lowest BCUT2D eigenvalue weighted by molar-refractivity contribution is 0.100. The van der Waals surface area contributed by atoms with Gasteiger partial charge in [-0.25, -0.2) is 4.98 Å². The number of carbonyl (C=O) groups excluding carboxylic acids is 1. The molecule has 0 aliphatic carbocycles. The second-order valence-electron chi connectivity index (χ2n) is 3.86. The van der Waals surface area contributed by atoms with Crippen LogP contribution >= 0.6 is 0 Å². The summed E-state index contributed by atoms with van der Waals surface area (Å²) in [5.74, 6) is -0.412. The standard InChI is InChI=1S/C12H15N3O/c1-2-3-6-15-8-14-10-7-9(12(13)16)4-5-11(10)15/h4-5,7-8H,2-3,6H2,1H3,(H2,13,16). The number of carbonyl (C=O) groups is 1. The predicted molar refractivity (Wildman–Crippen MR) is 63.2 cm³/mol. The number of hydrogen-bond acceptors (Lipinski definition) is 2. The first-order chi connectivity index (χ1) is 7.72. The minimum Gasteiger partial charge on any atom is -0.366 e. The molecule has 0 aliphatic heterocycles. The number of hydrogen-bond donors (Lipinski definition) is 1. The van der Waals surface area contributed by atoms with E-state index in [0.29, 0.717) is 5.56 Å². The molecule has 2 N–H and O–H groups in total. The fourth-order valence-electron chi connectivity index (χ4n) is 1.72. The van der Waals surface area contributed by atoms with E-state index in [1.807, 2.05) is 12.4 Å². The lowest BCUT2D eigenvalue weighted by atomic mass is 10.2. The summed E-state index contributed by atoms with van der Waals surface area (Å²) >= 11 is 0. The number of nitrogens with zero attached hydrogens (tertiary/aromatic N) is 2. The van der Waals surface area contributed by atoms with Gasteiger partial charge in [0.1, 0.15) is 0 Å². The Morgan fingerprint density at radius 3 is 3.00 bits per heavy atom. The van der Waals surface area contributed by atoms with Crippen LogP contribution in [0.3, 0.4) is 0 Å². The van der Waals surface area contributed by atoms with Gasteiger partial charge < -0.3 is 10.3 Å². The third kappa shape index (κ3) is 1.91. The summed E-state index contributed by atoms with van der Waals surface area (Å²) in [5, 5.41) is 0. The first-order valence-corrected chi connectivity index (χ1v) is 5.47. The van der Waals surface area contributed by atoms with E-state index >= 15 is 0 Å². The second kappa shape index (κ2) is 4.35. The molecule has 84 valence electrons. The van der Waals surface area contributed by atoms with Gasteiger partial charge in [-0.2, -0.15) is 0 Å². The largest absolute Gasteiger partial charge is 0.366 e. The maximum Gasteiger partial charge on any atom is 0.248 e. The van der Waals surface area contributed by atoms with Crippen molar-refractivity contribution in [3.63, 3.8) is 0 Å². The lowest BCUT2D eigenvalue weighted by Gasteiger charge is -2.02. The number of imidazole rings is 1. The molecule has 0 spiro atoms. The highest BCUT2D eigenvalue weighted by atomic mass is 16.1. The van der Waals surface area contributed by atoms with Gasteiger partial charge in [0.15, 0.2) is 0 Å². The maximum absolute atomic E-state index is 11.0. The van der Waals surface area contributed by atoms with Crippen molar-refractivity contribution in [1.29, 1.82) is 0 Å². The number of unbranched alkanes of at least 4 members (excludes halogenated alkanes) is 1. The number of aromatic nitrogens is 2. The zero-order valence-corrected chi connectivity index (χ0v) is 9.31. The second-order valence-corrected chi connectivity index (χ2v) is 3.86. The molecule has 0 saturated heterocycles. The Morgan fingerprint density at radius 2 is 2.31 bits per heavy atom. The highest BCUT2D eigenvalue weighted by Gasteiger charge is 2.05. The third-order valence-corrected chi connectivity index (χ3v) is 2.66. The number of aryl methyl sites for hydroxylation is 1. The van der Waals surface area contributed by atoms with E-state index in [9.17, 15) is 4.79 Å². The zero-order chi connectivity index (χ0) is 11.5. The van der Waals surface area contributed by atoms with E-state index in [1.165, 1.54) is 0 Å². The van der Waals surface area contributed by atoms with Crippen molar-refractivity contribution < 1.29 is 4.79 Å². The van der Waals surface area contributed by atoms with E-state index in [4.69, 9.17) is 5.73 Å². The molecule has 1 amide bonds. The fraction of sp³-hybridized carbons (Fsp3) is 0.333. The first-order valence-electron chi connectivity index (χ1n) is 5.47. The van der Waals surface area contributed by atoms with Crippen molar-refractivity contribution in [3.05, 3.63) is 30.1 Å². The minimum absolute atomic E-state index is 0.412. The van der Waals surface area contributed by atoms with Gasteiger partial charge in [-0.05, 0) is 24.6 Å². The molecule has 1 heterocycles. The van der Waals surface area contributed by atoms with Crippen molar-refractivity contribution >= 4 is 16.9 Å². The highest BCUT2D eigenvalue weighted by Crippen LogP contribution is 2.15. The average Bonchev–Trinajstić information content (AvgIpc) is 2.68. The SMILES string of the molecule is CCCCn1cnc2cc(C(N)=O)ccc21. The topological polar surface area (TPSA) is 60.9 Å². The summed E-state index contributed by atoms with van der Waals surface area (Å²) in [4.78, 5) is 15.3. The van der Waals surface area contributed by atoms with Crippen molar-refractivity contribution in [3.8, 4) is 0 Å². The van der Waals surface area contributed by atoms with Gasteiger partial charge >= 0.3 is 0 Å². The van der Waals surface area contributed by atoms with Crippen LogP contribution in [0.5, 0.6) is 0 Å². The molecular formula is C12H15N3O. The van der Waals surface area contributed by atoms with E-state index in [2.05, 4.69) is 16.5 Å². The molecule has 2 rings (SSSR count). The molecule has 0 atom stereocenters. The predicted octanol–water partition coefficient (Wildman–Crippen LogP) is 1.94. The molecule has 0 fully saturated rings. The molecule has 0 bridgehead atoms. The molecule has 1 aromatic heterocycles. The van der Waals surface area contributed by atoms with Crippen LogP contribution in [0.2, 0.25) is 0 Å². The van der Waals surface area contributed by atoms with Crippen molar-refractivity contribution in [1.82, 2.24) is 9.55 Å². The van der Waals surface area contributed by atoms with Gasteiger partial charge in [-0.15, -0.1) is 0 Å². The summed E-state index contributed by atoms with van der Waals surface area (Å²) < 4.78 is 2.10. The van der Waals surface area contributed by atoms with Crippen LogP contribution in [0.15, 0.2) is 24.5 Å². The smallest absolute Gasteiger partial charge is 0.248 e. The Bertz CT molecular complexity index is 516. The molecule has 4 nitrogen and oxygen atoms in total. The number of rotatable bonds is 4. The normalized spacial score (nSPS) is 10.8. The lowest BCUT2D eigenvalue weighted by Crippen LogP contribution is -2.10. The Kier molecular flexibility index (Phi) is 2.90. The van der Waals surface area contributed by atoms with Crippen LogP contribution in [-0.2, 0) is 6.54 Å². The van der Waals surface area contributed by atoms with E-state index < -0.39 is 5.91 Å². The zero-order valence-electron chi connectivity index (χ0n) is 9.31. The molecule has 1 aromatic carbocycles. The first kappa shape index (κ1) is 10.7. The van der Waals surface area contributed by atoms with Crippen molar-refractivity contribution in [2.75, 3.05) is 0 Å². The third-order valence-electron chi connectivity index (χ3n) is 2.66. The number of nitrogens with two attached hydrogens (primary N) is 1. The van der Waals surface area contributed by atoms with Crippen LogP contribution in [0.4, 0.5) is 0 Å². The molecule has 2 aromatic rings. The summed E-state index contributed by atoms with van der Waals surface area (Å²) in [6.07, 6.45) is 4.09. The molecule has 16 heavy (non-hydrogen) atoms. The number of benzene rings is 1. The quantitative estimate of drug-likeness (QED) is 0.850. The van der Waals surface area contributed by atoms with Crippen molar-refractivity contribution in [2.24, 2.45) is 5.73 Å². The van der Waals surface area contributed by atoms with Gasteiger partial charge in [0, 0.05) is 12.1 Å². The number of fused-ring (bicyclic) bond motifs is 1. The van der Waals surface area contributed by atoms with Gasteiger partial charge in [-0.3, -0.25) is 4.79 Å². The molecule has 4 heteroatoms. The van der Waals surface area contributed by atoms with Gasteiger partial charge in [0.25, 0.3) is 0 Å². The van der Waals surface area contributed by atoms with Crippen LogP contribution in [0, 0.1) is 0 Å².